The summed E-state index contributed by atoms with van der Waals surface area (Å²) in [6, 6.07) is 12.5. The number of pyridine rings is 1. The fourth-order valence-electron chi connectivity index (χ4n) is 2.12. The van der Waals surface area contributed by atoms with Crippen LogP contribution < -0.4 is 4.72 Å². The van der Waals surface area contributed by atoms with E-state index in [1.807, 2.05) is 18.2 Å². The SMILES string of the molecule is O=S(=O)(Cc1ccccc1)NCCc1nnc(-c2ccncc2)o1. The van der Waals surface area contributed by atoms with Gasteiger partial charge in [0.05, 0.1) is 5.75 Å². The third-order valence-electron chi connectivity index (χ3n) is 3.25. The van der Waals surface area contributed by atoms with Crippen molar-refractivity contribution in [2.24, 2.45) is 0 Å². The molecular formula is C16H16N4O3S. The highest BCUT2D eigenvalue weighted by Crippen LogP contribution is 2.16. The standard InChI is InChI=1S/C16H16N4O3S/c21-24(22,12-13-4-2-1-3-5-13)18-11-8-15-19-20-16(23-15)14-6-9-17-10-7-14/h1-7,9-10,18H,8,11-12H2. The van der Waals surface area contributed by atoms with Crippen LogP contribution in [0.25, 0.3) is 11.5 Å². The topological polar surface area (TPSA) is 98.0 Å². The van der Waals surface area contributed by atoms with Crippen molar-refractivity contribution in [3.8, 4) is 11.5 Å². The summed E-state index contributed by atoms with van der Waals surface area (Å²) in [6.07, 6.45) is 3.60. The van der Waals surface area contributed by atoms with E-state index in [9.17, 15) is 8.42 Å². The first kappa shape index (κ1) is 16.3. The van der Waals surface area contributed by atoms with Gasteiger partial charge in [-0.2, -0.15) is 0 Å². The Labute approximate surface area is 139 Å². The quantitative estimate of drug-likeness (QED) is 0.702. The zero-order chi connectivity index (χ0) is 16.8. The zero-order valence-corrected chi connectivity index (χ0v) is 13.6. The number of nitrogens with zero attached hydrogens (tertiary/aromatic N) is 3. The molecule has 0 aliphatic rings. The summed E-state index contributed by atoms with van der Waals surface area (Å²) < 4.78 is 32.1. The first-order valence-electron chi connectivity index (χ1n) is 7.36. The second-order valence-corrected chi connectivity index (χ2v) is 6.93. The van der Waals surface area contributed by atoms with E-state index in [4.69, 9.17) is 4.42 Å². The Balaban J connectivity index is 1.54. The molecule has 1 aromatic carbocycles. The number of sulfonamides is 1. The number of benzene rings is 1. The Morgan fingerprint density at radius 2 is 1.75 bits per heavy atom. The van der Waals surface area contributed by atoms with Gasteiger partial charge in [-0.05, 0) is 17.7 Å². The van der Waals surface area contributed by atoms with Gasteiger partial charge in [0.25, 0.3) is 0 Å². The molecule has 0 saturated heterocycles. The molecule has 0 amide bonds. The lowest BCUT2D eigenvalue weighted by atomic mass is 10.2. The maximum absolute atomic E-state index is 12.0. The minimum Gasteiger partial charge on any atom is -0.421 e. The number of aromatic nitrogens is 3. The molecule has 124 valence electrons. The van der Waals surface area contributed by atoms with Crippen molar-refractivity contribution in [2.75, 3.05) is 6.54 Å². The lowest BCUT2D eigenvalue weighted by Crippen LogP contribution is -2.27. The van der Waals surface area contributed by atoms with E-state index >= 15 is 0 Å². The van der Waals surface area contributed by atoms with Crippen LogP contribution in [0.3, 0.4) is 0 Å². The number of nitrogens with one attached hydrogen (secondary N) is 1. The zero-order valence-electron chi connectivity index (χ0n) is 12.8. The van der Waals surface area contributed by atoms with E-state index in [2.05, 4.69) is 19.9 Å². The lowest BCUT2D eigenvalue weighted by Gasteiger charge is -2.05. The summed E-state index contributed by atoms with van der Waals surface area (Å²) in [5.41, 5.74) is 1.51. The molecule has 0 aliphatic heterocycles. The molecule has 2 aromatic heterocycles. The summed E-state index contributed by atoms with van der Waals surface area (Å²) in [5.74, 6) is 0.712. The summed E-state index contributed by atoms with van der Waals surface area (Å²) in [7, 11) is -3.40. The normalized spacial score (nSPS) is 11.5. The minimum atomic E-state index is -3.40. The van der Waals surface area contributed by atoms with Crippen LogP contribution in [-0.4, -0.2) is 30.1 Å². The van der Waals surface area contributed by atoms with E-state index in [-0.39, 0.29) is 12.3 Å². The van der Waals surface area contributed by atoms with Crippen molar-refractivity contribution in [3.05, 3.63) is 66.3 Å². The van der Waals surface area contributed by atoms with E-state index in [0.717, 1.165) is 11.1 Å². The highest BCUT2D eigenvalue weighted by Gasteiger charge is 2.13. The molecule has 0 aliphatic carbocycles. The molecule has 0 atom stereocenters. The van der Waals surface area contributed by atoms with Crippen LogP contribution in [0.4, 0.5) is 0 Å². The van der Waals surface area contributed by atoms with Crippen molar-refractivity contribution in [1.82, 2.24) is 19.9 Å². The van der Waals surface area contributed by atoms with Crippen molar-refractivity contribution in [1.29, 1.82) is 0 Å². The molecule has 7 nitrogen and oxygen atoms in total. The Bertz CT molecular complexity index is 880. The average Bonchev–Trinajstić information content (AvgIpc) is 3.05. The molecule has 0 unspecified atom stereocenters. The van der Waals surface area contributed by atoms with Crippen molar-refractivity contribution >= 4 is 10.0 Å². The van der Waals surface area contributed by atoms with Crippen LogP contribution in [0.15, 0.2) is 59.3 Å². The molecule has 0 spiro atoms. The van der Waals surface area contributed by atoms with Crippen LogP contribution in [-0.2, 0) is 22.2 Å². The molecular weight excluding hydrogens is 328 g/mol. The Kier molecular flexibility index (Phi) is 4.97. The van der Waals surface area contributed by atoms with Gasteiger partial charge in [-0.25, -0.2) is 13.1 Å². The van der Waals surface area contributed by atoms with E-state index in [1.54, 1.807) is 36.7 Å². The van der Waals surface area contributed by atoms with Gasteiger partial charge >= 0.3 is 0 Å². The molecule has 3 aromatic rings. The number of rotatable bonds is 7. The number of hydrogen-bond acceptors (Lipinski definition) is 6. The van der Waals surface area contributed by atoms with Gasteiger partial charge in [0.2, 0.25) is 21.8 Å². The molecule has 8 heteroatoms. The van der Waals surface area contributed by atoms with Gasteiger partial charge in [0.1, 0.15) is 0 Å². The Morgan fingerprint density at radius 1 is 1.00 bits per heavy atom. The maximum Gasteiger partial charge on any atom is 0.247 e. The average molecular weight is 344 g/mol. The van der Waals surface area contributed by atoms with Crippen molar-refractivity contribution in [3.63, 3.8) is 0 Å². The van der Waals surface area contributed by atoms with Crippen LogP contribution in [0, 0.1) is 0 Å². The van der Waals surface area contributed by atoms with Crippen molar-refractivity contribution in [2.45, 2.75) is 12.2 Å². The molecule has 1 N–H and O–H groups in total. The van der Waals surface area contributed by atoms with Gasteiger partial charge in [0.15, 0.2) is 0 Å². The van der Waals surface area contributed by atoms with Crippen LogP contribution in [0.5, 0.6) is 0 Å². The number of hydrogen-bond donors (Lipinski definition) is 1. The molecule has 24 heavy (non-hydrogen) atoms. The Hall–Kier alpha value is -2.58. The van der Waals surface area contributed by atoms with E-state index in [0.29, 0.717) is 18.2 Å². The van der Waals surface area contributed by atoms with Crippen molar-refractivity contribution < 1.29 is 12.8 Å². The summed E-state index contributed by atoms with van der Waals surface area (Å²) in [6.45, 7) is 0.202. The van der Waals surface area contributed by atoms with Crippen LogP contribution in [0.1, 0.15) is 11.5 Å². The van der Waals surface area contributed by atoms with Gasteiger partial charge in [-0.3, -0.25) is 4.98 Å². The van der Waals surface area contributed by atoms with Gasteiger partial charge in [-0.1, -0.05) is 30.3 Å². The predicted octanol–water partition coefficient (Wildman–Crippen LogP) is 1.79. The minimum absolute atomic E-state index is 0.0556. The molecule has 0 fully saturated rings. The van der Waals surface area contributed by atoms with Crippen LogP contribution >= 0.6 is 0 Å². The van der Waals surface area contributed by atoms with Gasteiger partial charge in [-0.15, -0.1) is 10.2 Å². The summed E-state index contributed by atoms with van der Waals surface area (Å²) >= 11 is 0. The molecule has 2 heterocycles. The molecule has 0 bridgehead atoms. The molecule has 0 radical (unpaired) electrons. The summed E-state index contributed by atoms with van der Waals surface area (Å²) in [5, 5.41) is 7.87. The Morgan fingerprint density at radius 3 is 2.50 bits per heavy atom. The monoisotopic (exact) mass is 344 g/mol. The first-order chi connectivity index (χ1) is 11.6. The second-order valence-electron chi connectivity index (χ2n) is 5.13. The first-order valence-corrected chi connectivity index (χ1v) is 9.02. The van der Waals surface area contributed by atoms with Gasteiger partial charge in [0, 0.05) is 30.9 Å². The fraction of sp³-hybridized carbons (Fsp3) is 0.188. The molecule has 3 rings (SSSR count). The molecule has 0 saturated carbocycles. The maximum atomic E-state index is 12.0. The fourth-order valence-corrected chi connectivity index (χ4v) is 3.27. The third-order valence-corrected chi connectivity index (χ3v) is 4.61. The third kappa shape index (κ3) is 4.46. The summed E-state index contributed by atoms with van der Waals surface area (Å²) in [4.78, 5) is 3.92. The predicted molar refractivity (Wildman–Crippen MR) is 88.3 cm³/mol. The van der Waals surface area contributed by atoms with Crippen LogP contribution in [0.2, 0.25) is 0 Å². The largest absolute Gasteiger partial charge is 0.421 e. The highest BCUT2D eigenvalue weighted by atomic mass is 32.2. The highest BCUT2D eigenvalue weighted by molar-refractivity contribution is 7.88. The lowest BCUT2D eigenvalue weighted by molar-refractivity contribution is 0.502. The smallest absolute Gasteiger partial charge is 0.247 e. The van der Waals surface area contributed by atoms with E-state index in [1.165, 1.54) is 0 Å². The van der Waals surface area contributed by atoms with E-state index < -0.39 is 10.0 Å². The second kappa shape index (κ2) is 7.33. The van der Waals surface area contributed by atoms with Gasteiger partial charge < -0.3 is 4.42 Å².